The minimum atomic E-state index is -0.908. The highest BCUT2D eigenvalue weighted by atomic mass is 16.5. The van der Waals surface area contributed by atoms with E-state index in [1.54, 1.807) is 24.3 Å². The van der Waals surface area contributed by atoms with Crippen LogP contribution in [-0.4, -0.2) is 36.7 Å². The number of rotatable bonds is 4. The fourth-order valence-electron chi connectivity index (χ4n) is 2.12. The lowest BCUT2D eigenvalue weighted by Crippen LogP contribution is -2.34. The van der Waals surface area contributed by atoms with Crippen molar-refractivity contribution in [1.29, 1.82) is 0 Å². The zero-order valence-electron chi connectivity index (χ0n) is 10.1. The highest BCUT2D eigenvalue weighted by Gasteiger charge is 2.35. The Bertz CT molecular complexity index is 472. The molecule has 0 unspecified atom stereocenters. The van der Waals surface area contributed by atoms with Crippen LogP contribution in [-0.2, 0) is 14.3 Å². The second kappa shape index (κ2) is 5.18. The lowest BCUT2D eigenvalue weighted by Gasteiger charge is -2.17. The summed E-state index contributed by atoms with van der Waals surface area (Å²) in [7, 11) is 0. The number of hydrogen-bond donors (Lipinski definition) is 1. The fourth-order valence-corrected chi connectivity index (χ4v) is 2.12. The first kappa shape index (κ1) is 12.6. The molecule has 0 aromatic heterocycles. The Labute approximate surface area is 105 Å². The lowest BCUT2D eigenvalue weighted by atomic mass is 10.0. The van der Waals surface area contributed by atoms with Crippen molar-refractivity contribution in [3.05, 3.63) is 29.8 Å². The molecule has 1 aliphatic rings. The minimum Gasteiger partial charge on any atom is -0.481 e. The molecule has 1 N–H and O–H groups in total. The predicted octanol–water partition coefficient (Wildman–Crippen LogP) is 1.24. The summed E-state index contributed by atoms with van der Waals surface area (Å²) in [4.78, 5) is 24.6. The van der Waals surface area contributed by atoms with E-state index in [0.29, 0.717) is 17.9 Å². The Kier molecular flexibility index (Phi) is 3.62. The number of anilines is 1. The van der Waals surface area contributed by atoms with Gasteiger partial charge in [-0.15, -0.1) is 0 Å². The maximum Gasteiger partial charge on any atom is 0.312 e. The third-order valence-electron chi connectivity index (χ3n) is 3.00. The van der Waals surface area contributed by atoms with Crippen LogP contribution in [0.3, 0.4) is 0 Å². The smallest absolute Gasteiger partial charge is 0.312 e. The molecule has 96 valence electrons. The molecule has 0 aliphatic carbocycles. The van der Waals surface area contributed by atoms with Crippen molar-refractivity contribution in [2.75, 3.05) is 24.7 Å². The van der Waals surface area contributed by atoms with Gasteiger partial charge in [-0.05, 0) is 18.6 Å². The standard InChI is InChI=1S/C13H15NO4/c1-2-18-8-12(15)14-7-10(13(16)17)9-5-3-4-6-11(9)14/h3-6,10H,2,7-8H2,1H3,(H,16,17)/t10-/m0/s1. The summed E-state index contributed by atoms with van der Waals surface area (Å²) in [5, 5.41) is 9.17. The molecule has 1 heterocycles. The third-order valence-corrected chi connectivity index (χ3v) is 3.00. The highest BCUT2D eigenvalue weighted by molar-refractivity contribution is 5.99. The lowest BCUT2D eigenvalue weighted by molar-refractivity contribution is -0.138. The molecule has 0 bridgehead atoms. The molecule has 0 fully saturated rings. The molecule has 0 spiro atoms. The number of para-hydroxylation sites is 1. The van der Waals surface area contributed by atoms with Crippen LogP contribution in [0, 0.1) is 0 Å². The van der Waals surface area contributed by atoms with Gasteiger partial charge in [-0.2, -0.15) is 0 Å². The van der Waals surface area contributed by atoms with Crippen LogP contribution in [0.15, 0.2) is 24.3 Å². The number of ether oxygens (including phenoxy) is 1. The Morgan fingerprint density at radius 3 is 2.83 bits per heavy atom. The van der Waals surface area contributed by atoms with E-state index in [-0.39, 0.29) is 19.1 Å². The van der Waals surface area contributed by atoms with Crippen molar-refractivity contribution < 1.29 is 19.4 Å². The SMILES string of the molecule is CCOCC(=O)N1C[C@H](C(=O)O)c2ccccc21. The summed E-state index contributed by atoms with van der Waals surface area (Å²) in [6.07, 6.45) is 0. The van der Waals surface area contributed by atoms with E-state index in [9.17, 15) is 9.59 Å². The quantitative estimate of drug-likeness (QED) is 0.871. The van der Waals surface area contributed by atoms with Gasteiger partial charge >= 0.3 is 5.97 Å². The van der Waals surface area contributed by atoms with Crippen molar-refractivity contribution in [3.8, 4) is 0 Å². The van der Waals surface area contributed by atoms with Crippen molar-refractivity contribution in [1.82, 2.24) is 0 Å². The molecule has 5 heteroatoms. The Hall–Kier alpha value is -1.88. The minimum absolute atomic E-state index is 0.0167. The first-order valence-electron chi connectivity index (χ1n) is 5.85. The summed E-state index contributed by atoms with van der Waals surface area (Å²) in [6, 6.07) is 7.10. The first-order chi connectivity index (χ1) is 8.65. The number of carboxylic acids is 1. The average Bonchev–Trinajstić information content (AvgIpc) is 2.75. The van der Waals surface area contributed by atoms with E-state index in [1.165, 1.54) is 4.90 Å². The van der Waals surface area contributed by atoms with Gasteiger partial charge in [0, 0.05) is 18.8 Å². The second-order valence-corrected chi connectivity index (χ2v) is 4.09. The number of fused-ring (bicyclic) bond motifs is 1. The molecule has 5 nitrogen and oxygen atoms in total. The van der Waals surface area contributed by atoms with Gasteiger partial charge in [0.1, 0.15) is 12.5 Å². The Morgan fingerprint density at radius 1 is 1.44 bits per heavy atom. The van der Waals surface area contributed by atoms with Crippen LogP contribution in [0.4, 0.5) is 5.69 Å². The van der Waals surface area contributed by atoms with Crippen molar-refractivity contribution in [2.24, 2.45) is 0 Å². The number of hydrogen-bond acceptors (Lipinski definition) is 3. The van der Waals surface area contributed by atoms with E-state index in [0.717, 1.165) is 0 Å². The molecule has 2 rings (SSSR count). The van der Waals surface area contributed by atoms with E-state index >= 15 is 0 Å². The maximum absolute atomic E-state index is 11.9. The van der Waals surface area contributed by atoms with Crippen LogP contribution in [0.2, 0.25) is 0 Å². The van der Waals surface area contributed by atoms with Crippen molar-refractivity contribution in [3.63, 3.8) is 0 Å². The molecule has 0 saturated carbocycles. The molecule has 1 aliphatic heterocycles. The topological polar surface area (TPSA) is 66.8 Å². The molecule has 0 saturated heterocycles. The van der Waals surface area contributed by atoms with Gasteiger partial charge in [-0.1, -0.05) is 18.2 Å². The van der Waals surface area contributed by atoms with E-state index in [2.05, 4.69) is 0 Å². The Morgan fingerprint density at radius 2 is 2.17 bits per heavy atom. The second-order valence-electron chi connectivity index (χ2n) is 4.09. The summed E-state index contributed by atoms with van der Waals surface area (Å²) in [5.41, 5.74) is 1.37. The van der Waals surface area contributed by atoms with Crippen LogP contribution < -0.4 is 4.90 Å². The van der Waals surface area contributed by atoms with Crippen LogP contribution in [0.1, 0.15) is 18.4 Å². The summed E-state index contributed by atoms with van der Waals surface area (Å²) in [5.74, 6) is -1.76. The molecular formula is C13H15NO4. The van der Waals surface area contributed by atoms with Gasteiger partial charge in [0.05, 0.1) is 0 Å². The molecule has 1 aromatic rings. The number of amides is 1. The number of benzene rings is 1. The number of carbonyl (C=O) groups excluding carboxylic acids is 1. The number of aliphatic carboxylic acids is 1. The zero-order valence-corrected chi connectivity index (χ0v) is 10.1. The largest absolute Gasteiger partial charge is 0.481 e. The van der Waals surface area contributed by atoms with Gasteiger partial charge in [-0.25, -0.2) is 0 Å². The van der Waals surface area contributed by atoms with Crippen molar-refractivity contribution in [2.45, 2.75) is 12.8 Å². The van der Waals surface area contributed by atoms with Gasteiger partial charge in [0.2, 0.25) is 0 Å². The van der Waals surface area contributed by atoms with Gasteiger partial charge in [0.15, 0.2) is 0 Å². The summed E-state index contributed by atoms with van der Waals surface area (Å²) in [6.45, 7) is 2.44. The average molecular weight is 249 g/mol. The normalized spacial score (nSPS) is 17.6. The molecule has 0 radical (unpaired) electrons. The van der Waals surface area contributed by atoms with Gasteiger partial charge in [0.25, 0.3) is 5.91 Å². The zero-order chi connectivity index (χ0) is 13.1. The maximum atomic E-state index is 11.9. The van der Waals surface area contributed by atoms with Crippen molar-refractivity contribution >= 4 is 17.6 Å². The summed E-state index contributed by atoms with van der Waals surface area (Å²) >= 11 is 0. The molecule has 1 atom stereocenters. The van der Waals surface area contributed by atoms with Crippen LogP contribution in [0.5, 0.6) is 0 Å². The third kappa shape index (κ3) is 2.22. The monoisotopic (exact) mass is 249 g/mol. The number of nitrogens with zero attached hydrogens (tertiary/aromatic N) is 1. The van der Waals surface area contributed by atoms with Crippen LogP contribution >= 0.6 is 0 Å². The molecule has 1 amide bonds. The van der Waals surface area contributed by atoms with Crippen LogP contribution in [0.25, 0.3) is 0 Å². The predicted molar refractivity (Wildman–Crippen MR) is 65.7 cm³/mol. The molecule has 1 aromatic carbocycles. The molecular weight excluding hydrogens is 234 g/mol. The number of carbonyl (C=O) groups is 2. The van der Waals surface area contributed by atoms with Gasteiger partial charge < -0.3 is 14.7 Å². The summed E-state index contributed by atoms with van der Waals surface area (Å²) < 4.78 is 5.08. The first-order valence-corrected chi connectivity index (χ1v) is 5.85. The highest BCUT2D eigenvalue weighted by Crippen LogP contribution is 2.36. The number of carboxylic acid groups (broad SMARTS) is 1. The van der Waals surface area contributed by atoms with Gasteiger partial charge in [-0.3, -0.25) is 9.59 Å². The van der Waals surface area contributed by atoms with E-state index in [4.69, 9.17) is 9.84 Å². The Balaban J connectivity index is 2.25. The molecule has 18 heavy (non-hydrogen) atoms. The van der Waals surface area contributed by atoms with E-state index < -0.39 is 11.9 Å². The fraction of sp³-hybridized carbons (Fsp3) is 0.385. The van der Waals surface area contributed by atoms with E-state index in [1.807, 2.05) is 6.92 Å².